The van der Waals surface area contributed by atoms with Crippen LogP contribution in [0.2, 0.25) is 0 Å². The molecule has 0 spiro atoms. The quantitative estimate of drug-likeness (QED) is 0.743. The van der Waals surface area contributed by atoms with E-state index in [1.807, 2.05) is 0 Å². The van der Waals surface area contributed by atoms with Crippen LogP contribution in [-0.4, -0.2) is 28.4 Å². The molecule has 0 heterocycles. The Morgan fingerprint density at radius 3 is 2.24 bits per heavy atom. The fourth-order valence-electron chi connectivity index (χ4n) is 2.04. The summed E-state index contributed by atoms with van der Waals surface area (Å²) in [5, 5.41) is 11.3. The Kier molecular flexibility index (Phi) is 3.85. The van der Waals surface area contributed by atoms with Crippen LogP contribution in [0.5, 0.6) is 0 Å². The normalized spacial score (nSPS) is 21.5. The van der Waals surface area contributed by atoms with Crippen molar-refractivity contribution >= 4 is 11.9 Å². The number of alkyl halides is 2. The molecule has 1 rings (SSSR count). The average molecular weight is 247 g/mol. The van der Waals surface area contributed by atoms with Gasteiger partial charge in [-0.3, -0.25) is 9.59 Å². The molecule has 0 aliphatic heterocycles. The van der Waals surface area contributed by atoms with E-state index in [0.717, 1.165) is 6.08 Å². The Morgan fingerprint density at radius 2 is 1.82 bits per heavy atom. The lowest BCUT2D eigenvalue weighted by Gasteiger charge is -2.39. The minimum Gasteiger partial charge on any atom is -0.481 e. The molecule has 0 radical (unpaired) electrons. The van der Waals surface area contributed by atoms with Crippen molar-refractivity contribution in [3.8, 4) is 0 Å². The van der Waals surface area contributed by atoms with Gasteiger partial charge in [-0.15, -0.1) is 0 Å². The van der Waals surface area contributed by atoms with Gasteiger partial charge in [-0.1, -0.05) is 6.58 Å². The lowest BCUT2D eigenvalue weighted by Crippen LogP contribution is -2.53. The summed E-state index contributed by atoms with van der Waals surface area (Å²) >= 11 is 0. The first-order chi connectivity index (χ1) is 7.79. The summed E-state index contributed by atoms with van der Waals surface area (Å²) in [4.78, 5) is 22.0. The summed E-state index contributed by atoms with van der Waals surface area (Å²) in [5.41, 5.74) is -1.07. The zero-order valence-corrected chi connectivity index (χ0v) is 9.34. The molecule has 1 saturated carbocycles. The molecule has 4 nitrogen and oxygen atoms in total. The fourth-order valence-corrected chi connectivity index (χ4v) is 2.04. The molecule has 6 heteroatoms. The maximum Gasteiger partial charge on any atom is 0.305 e. The number of rotatable bonds is 4. The van der Waals surface area contributed by atoms with Gasteiger partial charge in [0.25, 0.3) is 0 Å². The van der Waals surface area contributed by atoms with Crippen molar-refractivity contribution in [2.75, 3.05) is 0 Å². The monoisotopic (exact) mass is 247 g/mol. The van der Waals surface area contributed by atoms with Crippen LogP contribution in [0.4, 0.5) is 8.78 Å². The van der Waals surface area contributed by atoms with Crippen molar-refractivity contribution in [3.63, 3.8) is 0 Å². The number of carboxylic acids is 1. The lowest BCUT2D eigenvalue weighted by molar-refractivity contribution is -0.141. The van der Waals surface area contributed by atoms with Gasteiger partial charge >= 0.3 is 5.97 Å². The average Bonchev–Trinajstić information content (AvgIpc) is 2.22. The Bertz CT molecular complexity index is 332. The molecule has 1 aliphatic carbocycles. The number of aliphatic carboxylic acids is 1. The molecular formula is C11H15F2NO3. The third kappa shape index (κ3) is 3.80. The molecule has 0 unspecified atom stereocenters. The van der Waals surface area contributed by atoms with Gasteiger partial charge in [0.05, 0.1) is 12.0 Å². The van der Waals surface area contributed by atoms with Crippen LogP contribution in [-0.2, 0) is 9.59 Å². The first kappa shape index (κ1) is 13.6. The highest BCUT2D eigenvalue weighted by Gasteiger charge is 2.45. The first-order valence-electron chi connectivity index (χ1n) is 5.33. The van der Waals surface area contributed by atoms with Gasteiger partial charge < -0.3 is 10.4 Å². The number of hydrogen-bond donors (Lipinski definition) is 2. The van der Waals surface area contributed by atoms with Crippen LogP contribution in [0.3, 0.4) is 0 Å². The highest BCUT2D eigenvalue weighted by atomic mass is 19.3. The van der Waals surface area contributed by atoms with Crippen molar-refractivity contribution in [3.05, 3.63) is 12.7 Å². The molecule has 0 aromatic rings. The number of nitrogens with one attached hydrogen (secondary N) is 1. The number of amides is 1. The first-order valence-corrected chi connectivity index (χ1v) is 5.33. The van der Waals surface area contributed by atoms with Gasteiger partial charge in [0.15, 0.2) is 0 Å². The summed E-state index contributed by atoms with van der Waals surface area (Å²) in [5.74, 6) is -4.41. The van der Waals surface area contributed by atoms with Crippen molar-refractivity contribution in [2.45, 2.75) is 43.6 Å². The molecule has 0 atom stereocenters. The standard InChI is InChI=1S/C11H15F2NO3/c1-2-8(15)14-10(7-9(16)17)3-5-11(12,13)6-4-10/h2H,1,3-7H2,(H,14,15)(H,16,17). The van der Waals surface area contributed by atoms with Crippen LogP contribution >= 0.6 is 0 Å². The van der Waals surface area contributed by atoms with Crippen LogP contribution in [0, 0.1) is 0 Å². The molecule has 0 aromatic carbocycles. The predicted octanol–water partition coefficient (Wildman–Crippen LogP) is 1.71. The van der Waals surface area contributed by atoms with E-state index < -0.39 is 36.2 Å². The molecule has 96 valence electrons. The van der Waals surface area contributed by atoms with Crippen LogP contribution in [0.15, 0.2) is 12.7 Å². The topological polar surface area (TPSA) is 66.4 Å². The molecule has 1 fully saturated rings. The number of halogens is 2. The third-order valence-electron chi connectivity index (χ3n) is 3.00. The SMILES string of the molecule is C=CC(=O)NC1(CC(=O)O)CCC(F)(F)CC1. The zero-order valence-electron chi connectivity index (χ0n) is 9.34. The van der Waals surface area contributed by atoms with Gasteiger partial charge in [-0.25, -0.2) is 8.78 Å². The van der Waals surface area contributed by atoms with Crippen LogP contribution in [0.1, 0.15) is 32.1 Å². The minimum absolute atomic E-state index is 0.0358. The van der Waals surface area contributed by atoms with E-state index in [1.54, 1.807) is 0 Å². The smallest absolute Gasteiger partial charge is 0.305 e. The third-order valence-corrected chi connectivity index (χ3v) is 3.00. The number of hydrogen-bond acceptors (Lipinski definition) is 2. The summed E-state index contributed by atoms with van der Waals surface area (Å²) < 4.78 is 26.0. The second kappa shape index (κ2) is 4.81. The molecular weight excluding hydrogens is 232 g/mol. The molecule has 1 amide bonds. The summed E-state index contributed by atoms with van der Waals surface area (Å²) in [6.45, 7) is 3.26. The van der Waals surface area contributed by atoms with E-state index in [4.69, 9.17) is 5.11 Å². The van der Waals surface area contributed by atoms with Gasteiger partial charge in [0.1, 0.15) is 0 Å². The van der Waals surface area contributed by atoms with Crippen molar-refractivity contribution in [1.82, 2.24) is 5.32 Å². The van der Waals surface area contributed by atoms with Crippen LogP contribution < -0.4 is 5.32 Å². The molecule has 0 saturated heterocycles. The highest BCUT2D eigenvalue weighted by Crippen LogP contribution is 2.40. The van der Waals surface area contributed by atoms with E-state index in [2.05, 4.69) is 11.9 Å². The van der Waals surface area contributed by atoms with E-state index in [0.29, 0.717) is 0 Å². The number of carboxylic acid groups (broad SMARTS) is 1. The zero-order chi connectivity index (χ0) is 13.1. The minimum atomic E-state index is -2.76. The molecule has 2 N–H and O–H groups in total. The van der Waals surface area contributed by atoms with E-state index in [9.17, 15) is 18.4 Å². The van der Waals surface area contributed by atoms with E-state index >= 15 is 0 Å². The second-order valence-corrected chi connectivity index (χ2v) is 4.40. The Morgan fingerprint density at radius 1 is 1.29 bits per heavy atom. The highest BCUT2D eigenvalue weighted by molar-refractivity contribution is 5.88. The van der Waals surface area contributed by atoms with Gasteiger partial charge in [-0.05, 0) is 18.9 Å². The maximum atomic E-state index is 13.0. The summed E-state index contributed by atoms with van der Waals surface area (Å²) in [6, 6.07) is 0. The molecule has 0 aromatic heterocycles. The van der Waals surface area contributed by atoms with E-state index in [-0.39, 0.29) is 19.3 Å². The van der Waals surface area contributed by atoms with Gasteiger partial charge in [0.2, 0.25) is 11.8 Å². The largest absolute Gasteiger partial charge is 0.481 e. The number of carbonyl (C=O) groups is 2. The van der Waals surface area contributed by atoms with Gasteiger partial charge in [-0.2, -0.15) is 0 Å². The lowest BCUT2D eigenvalue weighted by atomic mass is 9.77. The van der Waals surface area contributed by atoms with Crippen molar-refractivity contribution in [2.24, 2.45) is 0 Å². The maximum absolute atomic E-state index is 13.0. The Hall–Kier alpha value is -1.46. The molecule has 1 aliphatic rings. The summed E-state index contributed by atoms with van der Waals surface area (Å²) in [7, 11) is 0. The number of carbonyl (C=O) groups excluding carboxylic acids is 1. The fraction of sp³-hybridized carbons (Fsp3) is 0.636. The van der Waals surface area contributed by atoms with Crippen LogP contribution in [0.25, 0.3) is 0 Å². The van der Waals surface area contributed by atoms with Gasteiger partial charge in [0, 0.05) is 12.8 Å². The second-order valence-electron chi connectivity index (χ2n) is 4.40. The Labute approximate surface area is 97.7 Å². The molecule has 0 bridgehead atoms. The summed E-state index contributed by atoms with van der Waals surface area (Å²) in [6.07, 6.45) is -0.216. The van der Waals surface area contributed by atoms with Crippen molar-refractivity contribution < 1.29 is 23.5 Å². The Balaban J connectivity index is 2.77. The van der Waals surface area contributed by atoms with Crippen molar-refractivity contribution in [1.29, 1.82) is 0 Å². The predicted molar refractivity (Wildman–Crippen MR) is 56.7 cm³/mol. The van der Waals surface area contributed by atoms with E-state index in [1.165, 1.54) is 0 Å². The molecule has 17 heavy (non-hydrogen) atoms.